The summed E-state index contributed by atoms with van der Waals surface area (Å²) in [4.78, 5) is 36.0. The quantitative estimate of drug-likeness (QED) is 0.262. The highest BCUT2D eigenvalue weighted by molar-refractivity contribution is 5.92. The van der Waals surface area contributed by atoms with E-state index in [1.165, 1.54) is 15.4 Å². The summed E-state index contributed by atoms with van der Waals surface area (Å²) in [7, 11) is 0. The van der Waals surface area contributed by atoms with Crippen LogP contribution in [-0.2, 0) is 30.7 Å². The van der Waals surface area contributed by atoms with Gasteiger partial charge in [0.1, 0.15) is 5.69 Å². The van der Waals surface area contributed by atoms with Crippen LogP contribution in [0.25, 0.3) is 5.78 Å². The molecule has 2 fully saturated rings. The molecule has 12 nitrogen and oxygen atoms in total. The van der Waals surface area contributed by atoms with E-state index >= 15 is 0 Å². The zero-order valence-electron chi connectivity index (χ0n) is 26.8. The molecule has 0 spiro atoms. The van der Waals surface area contributed by atoms with Gasteiger partial charge in [0, 0.05) is 68.8 Å². The van der Waals surface area contributed by atoms with Gasteiger partial charge < -0.3 is 10.6 Å². The fraction of sp³-hybridized carbons (Fsp3) is 0.594. The summed E-state index contributed by atoms with van der Waals surface area (Å²) in [5.41, 5.74) is 2.61. The monoisotopic (exact) mass is 688 g/mol. The van der Waals surface area contributed by atoms with E-state index in [0.29, 0.717) is 48.7 Å². The van der Waals surface area contributed by atoms with Crippen molar-refractivity contribution in [3.05, 3.63) is 59.2 Å². The summed E-state index contributed by atoms with van der Waals surface area (Å²) < 4.78 is 74.3. The number of aryl methyl sites for hydroxylation is 2. The number of carbonyl (C=O) groups excluding carboxylic acids is 2. The molecule has 49 heavy (non-hydrogen) atoms. The average molecular weight is 689 g/mol. The molecule has 4 atom stereocenters. The van der Waals surface area contributed by atoms with Gasteiger partial charge in [-0.15, -0.1) is 0 Å². The number of aromatic nitrogens is 8. The number of piperidine rings is 1. The third-order valence-electron chi connectivity index (χ3n) is 10.2. The van der Waals surface area contributed by atoms with E-state index in [2.05, 4.69) is 20.8 Å². The normalized spacial score (nSPS) is 23.6. The van der Waals surface area contributed by atoms with Crippen molar-refractivity contribution < 1.29 is 31.5 Å². The Morgan fingerprint density at radius 3 is 2.65 bits per heavy atom. The molecule has 262 valence electrons. The minimum atomic E-state index is -4.46. The molecule has 4 aromatic rings. The van der Waals surface area contributed by atoms with Gasteiger partial charge in [0.2, 0.25) is 11.8 Å². The zero-order chi connectivity index (χ0) is 34.5. The lowest BCUT2D eigenvalue weighted by atomic mass is 9.81. The van der Waals surface area contributed by atoms with Gasteiger partial charge in [-0.3, -0.25) is 19.0 Å². The number of hydrogen-bond acceptors (Lipinski definition) is 7. The molecule has 2 aliphatic heterocycles. The molecule has 2 N–H and O–H groups in total. The molecular weight excluding hydrogens is 651 g/mol. The molecule has 1 saturated heterocycles. The number of halogens is 5. The Morgan fingerprint density at radius 2 is 1.90 bits per heavy atom. The highest BCUT2D eigenvalue weighted by Gasteiger charge is 2.45. The number of carbonyl (C=O) groups is 2. The van der Waals surface area contributed by atoms with Gasteiger partial charge in [0.05, 0.1) is 35.2 Å². The molecule has 3 aliphatic rings. The fourth-order valence-electron chi connectivity index (χ4n) is 7.49. The van der Waals surface area contributed by atoms with Crippen molar-refractivity contribution in [1.82, 2.24) is 49.8 Å². The molecule has 4 aromatic heterocycles. The van der Waals surface area contributed by atoms with Crippen LogP contribution in [0.3, 0.4) is 0 Å². The number of fused-ring (bicyclic) bond motifs is 2. The highest BCUT2D eigenvalue weighted by Crippen LogP contribution is 2.42. The standard InChI is InChI=1S/C32H37F5N10O2/c1-2-45-25(6-11-39-45)29(49)42-26(18-3-8-31(33,34)9-4-18)24-17-47-30(41-24)43-27(19-7-12-46-22(14-19)5-10-40-46)23(44-47)15-20-13-21(32(35,36)37)16-38-28(20)48/h5-6,10-11,17-21,26H,2-4,7-9,12-16H2,1H3,(H,38,48)(H,42,49)/t19?,20-,21-,26+/m1/s1. The van der Waals surface area contributed by atoms with Crippen LogP contribution >= 0.6 is 0 Å². The fourth-order valence-corrected chi connectivity index (χ4v) is 7.49. The van der Waals surface area contributed by atoms with Gasteiger partial charge in [-0.2, -0.15) is 28.5 Å². The topological polar surface area (TPSA) is 137 Å². The lowest BCUT2D eigenvalue weighted by Crippen LogP contribution is -2.47. The maximum Gasteiger partial charge on any atom is 0.393 e. The van der Waals surface area contributed by atoms with Crippen LogP contribution in [0.5, 0.6) is 0 Å². The molecule has 1 aliphatic carbocycles. The Labute approximate surface area is 277 Å². The van der Waals surface area contributed by atoms with Gasteiger partial charge in [-0.05, 0) is 57.1 Å². The molecule has 7 rings (SSSR count). The van der Waals surface area contributed by atoms with Crippen molar-refractivity contribution in [2.24, 2.45) is 17.8 Å². The van der Waals surface area contributed by atoms with E-state index < -0.39 is 48.3 Å². The SMILES string of the molecule is CCn1nccc1C(=O)N[C@H](c1cn2nc(C[C@H]3C[C@@H](C(F)(F)F)CNC3=O)c(C3CCn4nccc4C3)nc2n1)C1CCC(F)(F)CC1. The van der Waals surface area contributed by atoms with Gasteiger partial charge in [0.15, 0.2) is 0 Å². The zero-order valence-corrected chi connectivity index (χ0v) is 26.8. The lowest BCUT2D eigenvalue weighted by molar-refractivity contribution is -0.183. The van der Waals surface area contributed by atoms with Gasteiger partial charge >= 0.3 is 6.18 Å². The molecule has 0 bridgehead atoms. The van der Waals surface area contributed by atoms with Crippen LogP contribution in [0.15, 0.2) is 30.7 Å². The molecule has 0 radical (unpaired) electrons. The molecule has 1 unspecified atom stereocenters. The summed E-state index contributed by atoms with van der Waals surface area (Å²) in [5.74, 6) is -6.64. The number of alkyl halides is 5. The predicted octanol–water partition coefficient (Wildman–Crippen LogP) is 4.42. The Bertz CT molecular complexity index is 1840. The van der Waals surface area contributed by atoms with E-state index in [4.69, 9.17) is 15.1 Å². The summed E-state index contributed by atoms with van der Waals surface area (Å²) in [6.45, 7) is 2.44. The van der Waals surface area contributed by atoms with Crippen LogP contribution in [0.4, 0.5) is 22.0 Å². The molecule has 0 aromatic carbocycles. The van der Waals surface area contributed by atoms with E-state index in [-0.39, 0.29) is 56.1 Å². The molecule has 17 heteroatoms. The van der Waals surface area contributed by atoms with Gasteiger partial charge in [0.25, 0.3) is 11.7 Å². The summed E-state index contributed by atoms with van der Waals surface area (Å²) >= 11 is 0. The molecule has 6 heterocycles. The predicted molar refractivity (Wildman–Crippen MR) is 163 cm³/mol. The van der Waals surface area contributed by atoms with Crippen molar-refractivity contribution in [2.45, 2.75) is 95.4 Å². The number of rotatable bonds is 8. The minimum Gasteiger partial charge on any atom is -0.355 e. The number of imidazole rings is 1. The number of nitrogens with zero attached hydrogens (tertiary/aromatic N) is 8. The maximum absolute atomic E-state index is 14.2. The van der Waals surface area contributed by atoms with Crippen molar-refractivity contribution >= 4 is 17.6 Å². The summed E-state index contributed by atoms with van der Waals surface area (Å²) in [6, 6.07) is 2.73. The second kappa shape index (κ2) is 12.8. The van der Waals surface area contributed by atoms with Crippen molar-refractivity contribution in [2.75, 3.05) is 6.54 Å². The summed E-state index contributed by atoms with van der Waals surface area (Å²) in [5, 5.41) is 18.7. The third kappa shape index (κ3) is 6.75. The van der Waals surface area contributed by atoms with E-state index in [1.54, 1.807) is 18.5 Å². The molecule has 1 saturated carbocycles. The third-order valence-corrected chi connectivity index (χ3v) is 10.2. The van der Waals surface area contributed by atoms with Gasteiger partial charge in [-0.1, -0.05) is 0 Å². The highest BCUT2D eigenvalue weighted by atomic mass is 19.4. The maximum atomic E-state index is 14.2. The van der Waals surface area contributed by atoms with Crippen LogP contribution in [-0.4, -0.2) is 69.6 Å². The average Bonchev–Trinajstić information content (AvgIpc) is 3.83. The Hall–Kier alpha value is -4.44. The van der Waals surface area contributed by atoms with Crippen LogP contribution in [0.1, 0.15) is 90.7 Å². The Morgan fingerprint density at radius 1 is 1.12 bits per heavy atom. The first-order chi connectivity index (χ1) is 23.4. The first kappa shape index (κ1) is 33.1. The van der Waals surface area contributed by atoms with Crippen molar-refractivity contribution in [3.8, 4) is 0 Å². The van der Waals surface area contributed by atoms with Crippen LogP contribution < -0.4 is 10.6 Å². The smallest absolute Gasteiger partial charge is 0.355 e. The lowest BCUT2D eigenvalue weighted by Gasteiger charge is -2.33. The number of amides is 2. The number of hydrogen-bond donors (Lipinski definition) is 2. The Kier molecular flexibility index (Phi) is 8.63. The van der Waals surface area contributed by atoms with Crippen molar-refractivity contribution in [3.63, 3.8) is 0 Å². The van der Waals surface area contributed by atoms with Gasteiger partial charge in [-0.25, -0.2) is 23.3 Å². The number of nitrogens with one attached hydrogen (secondary N) is 2. The van der Waals surface area contributed by atoms with Crippen LogP contribution in [0.2, 0.25) is 0 Å². The Balaban J connectivity index is 1.26. The molecule has 2 amide bonds. The van der Waals surface area contributed by atoms with E-state index in [1.807, 2.05) is 17.7 Å². The molecular formula is C32H37F5N10O2. The largest absolute Gasteiger partial charge is 0.393 e. The van der Waals surface area contributed by atoms with Crippen molar-refractivity contribution in [1.29, 1.82) is 0 Å². The second-order valence-electron chi connectivity index (χ2n) is 13.4. The first-order valence-corrected chi connectivity index (χ1v) is 16.7. The van der Waals surface area contributed by atoms with Crippen LogP contribution in [0, 0.1) is 17.8 Å². The second-order valence-corrected chi connectivity index (χ2v) is 13.4. The van der Waals surface area contributed by atoms with E-state index in [9.17, 15) is 31.5 Å². The minimum absolute atomic E-state index is 0.0567. The van der Waals surface area contributed by atoms with E-state index in [0.717, 1.165) is 5.69 Å². The summed E-state index contributed by atoms with van der Waals surface area (Å²) in [6.07, 6.45) is 0.796. The first-order valence-electron chi connectivity index (χ1n) is 16.7.